The van der Waals surface area contributed by atoms with Crippen molar-refractivity contribution in [1.82, 2.24) is 10.6 Å². The van der Waals surface area contributed by atoms with Gasteiger partial charge in [0.1, 0.15) is 6.04 Å². The Balaban J connectivity index is 2.55. The van der Waals surface area contributed by atoms with E-state index in [2.05, 4.69) is 16.6 Å². The molecule has 1 amide bonds. The Labute approximate surface area is 94.6 Å². The van der Waals surface area contributed by atoms with Crippen molar-refractivity contribution in [3.63, 3.8) is 0 Å². The van der Waals surface area contributed by atoms with Gasteiger partial charge in [0.05, 0.1) is 6.04 Å². The maximum absolute atomic E-state index is 11.7. The minimum absolute atomic E-state index is 0.00216. The number of aliphatic carboxylic acids is 1. The minimum atomic E-state index is -1.10. The molecule has 5 nitrogen and oxygen atoms in total. The van der Waals surface area contributed by atoms with Crippen molar-refractivity contribution in [3.05, 3.63) is 0 Å². The second-order valence-corrected chi connectivity index (χ2v) is 4.01. The summed E-state index contributed by atoms with van der Waals surface area (Å²) in [7, 11) is 0. The quantitative estimate of drug-likeness (QED) is 0.567. The molecule has 0 aromatic heterocycles. The van der Waals surface area contributed by atoms with Gasteiger partial charge in [-0.25, -0.2) is 4.79 Å². The van der Waals surface area contributed by atoms with Crippen molar-refractivity contribution in [3.8, 4) is 12.3 Å². The number of terminal acetylenes is 1. The maximum Gasteiger partial charge on any atom is 0.327 e. The SMILES string of the molecule is C#CCC(NC(=O)C1NCCC1C)C(=O)O. The van der Waals surface area contributed by atoms with E-state index in [0.717, 1.165) is 13.0 Å². The van der Waals surface area contributed by atoms with Crippen molar-refractivity contribution in [1.29, 1.82) is 0 Å². The monoisotopic (exact) mass is 224 g/mol. The maximum atomic E-state index is 11.7. The number of rotatable bonds is 4. The Morgan fingerprint density at radius 1 is 1.69 bits per heavy atom. The van der Waals surface area contributed by atoms with Crippen LogP contribution in [0.5, 0.6) is 0 Å². The van der Waals surface area contributed by atoms with E-state index in [1.54, 1.807) is 0 Å². The summed E-state index contributed by atoms with van der Waals surface area (Å²) < 4.78 is 0. The molecule has 0 aromatic rings. The number of carbonyl (C=O) groups excluding carboxylic acids is 1. The number of amides is 1. The summed E-state index contributed by atoms with van der Waals surface area (Å²) >= 11 is 0. The third-order valence-corrected chi connectivity index (χ3v) is 2.75. The molecule has 0 aliphatic carbocycles. The first-order chi connectivity index (χ1) is 7.56. The topological polar surface area (TPSA) is 78.4 Å². The molecule has 1 rings (SSSR count). The molecule has 3 unspecified atom stereocenters. The molecule has 1 saturated heterocycles. The van der Waals surface area contributed by atoms with Crippen molar-refractivity contribution < 1.29 is 14.7 Å². The highest BCUT2D eigenvalue weighted by atomic mass is 16.4. The Morgan fingerprint density at radius 3 is 2.81 bits per heavy atom. The fourth-order valence-electron chi connectivity index (χ4n) is 1.76. The van der Waals surface area contributed by atoms with Crippen molar-refractivity contribution >= 4 is 11.9 Å². The summed E-state index contributed by atoms with van der Waals surface area (Å²) in [5.41, 5.74) is 0. The van der Waals surface area contributed by atoms with Crippen LogP contribution in [0, 0.1) is 18.3 Å². The van der Waals surface area contributed by atoms with Gasteiger partial charge in [0.25, 0.3) is 0 Å². The first-order valence-electron chi connectivity index (χ1n) is 5.26. The number of hydrogen-bond donors (Lipinski definition) is 3. The lowest BCUT2D eigenvalue weighted by Gasteiger charge is -2.18. The molecule has 0 radical (unpaired) electrons. The number of hydrogen-bond acceptors (Lipinski definition) is 3. The van der Waals surface area contributed by atoms with E-state index in [4.69, 9.17) is 11.5 Å². The fraction of sp³-hybridized carbons (Fsp3) is 0.636. The average molecular weight is 224 g/mol. The van der Waals surface area contributed by atoms with Crippen LogP contribution in [0.3, 0.4) is 0 Å². The second-order valence-electron chi connectivity index (χ2n) is 4.01. The van der Waals surface area contributed by atoms with Gasteiger partial charge in [-0.2, -0.15) is 0 Å². The molecule has 0 aromatic carbocycles. The van der Waals surface area contributed by atoms with E-state index in [1.807, 2.05) is 6.92 Å². The molecule has 3 atom stereocenters. The third kappa shape index (κ3) is 2.97. The molecule has 3 N–H and O–H groups in total. The number of carbonyl (C=O) groups is 2. The van der Waals surface area contributed by atoms with E-state index >= 15 is 0 Å². The van der Waals surface area contributed by atoms with Gasteiger partial charge in [-0.1, -0.05) is 6.92 Å². The third-order valence-electron chi connectivity index (χ3n) is 2.75. The van der Waals surface area contributed by atoms with E-state index in [9.17, 15) is 9.59 Å². The van der Waals surface area contributed by atoms with Crippen LogP contribution in [0.2, 0.25) is 0 Å². The van der Waals surface area contributed by atoms with Crippen LogP contribution in [0.4, 0.5) is 0 Å². The first-order valence-corrected chi connectivity index (χ1v) is 5.26. The van der Waals surface area contributed by atoms with Gasteiger partial charge in [-0.05, 0) is 18.9 Å². The molecule has 88 valence electrons. The van der Waals surface area contributed by atoms with Crippen LogP contribution in [0.1, 0.15) is 19.8 Å². The first kappa shape index (κ1) is 12.5. The van der Waals surface area contributed by atoms with Crippen molar-refractivity contribution in [2.45, 2.75) is 31.8 Å². The van der Waals surface area contributed by atoms with E-state index in [0.29, 0.717) is 0 Å². The zero-order valence-corrected chi connectivity index (χ0v) is 9.19. The molecule has 0 bridgehead atoms. The second kappa shape index (κ2) is 5.52. The summed E-state index contributed by atoms with van der Waals surface area (Å²) in [5.74, 6) is 1.08. The molecule has 16 heavy (non-hydrogen) atoms. The number of nitrogens with one attached hydrogen (secondary N) is 2. The van der Waals surface area contributed by atoms with Crippen LogP contribution in [0.15, 0.2) is 0 Å². The van der Waals surface area contributed by atoms with Crippen LogP contribution in [-0.4, -0.2) is 35.6 Å². The van der Waals surface area contributed by atoms with Crippen LogP contribution in [0.25, 0.3) is 0 Å². The normalized spacial score (nSPS) is 25.8. The molecule has 5 heteroatoms. The van der Waals surface area contributed by atoms with E-state index < -0.39 is 12.0 Å². The highest BCUT2D eigenvalue weighted by Crippen LogP contribution is 2.14. The number of carboxylic acid groups (broad SMARTS) is 1. The molecule has 1 aliphatic heterocycles. The van der Waals surface area contributed by atoms with Crippen LogP contribution < -0.4 is 10.6 Å². The lowest BCUT2D eigenvalue weighted by atomic mass is 10.0. The molecule has 0 spiro atoms. The standard InChI is InChI=1S/C11H16N2O3/c1-3-4-8(11(15)16)13-10(14)9-7(2)5-6-12-9/h1,7-9,12H,4-6H2,2H3,(H,13,14)(H,15,16). The van der Waals surface area contributed by atoms with Crippen molar-refractivity contribution in [2.24, 2.45) is 5.92 Å². The van der Waals surface area contributed by atoms with Gasteiger partial charge in [-0.15, -0.1) is 12.3 Å². The smallest absolute Gasteiger partial charge is 0.327 e. The summed E-state index contributed by atoms with van der Waals surface area (Å²) in [6.07, 6.45) is 5.97. The predicted molar refractivity (Wildman–Crippen MR) is 58.6 cm³/mol. The zero-order chi connectivity index (χ0) is 12.1. The summed E-state index contributed by atoms with van der Waals surface area (Å²) in [6.45, 7) is 2.74. The summed E-state index contributed by atoms with van der Waals surface area (Å²) in [5, 5.41) is 14.3. The van der Waals surface area contributed by atoms with Gasteiger partial charge < -0.3 is 15.7 Å². The molecular formula is C11H16N2O3. The Kier molecular flexibility index (Phi) is 4.32. The van der Waals surface area contributed by atoms with Gasteiger partial charge in [0, 0.05) is 6.42 Å². The van der Waals surface area contributed by atoms with Gasteiger partial charge in [0.15, 0.2) is 0 Å². The Morgan fingerprint density at radius 2 is 2.38 bits per heavy atom. The van der Waals surface area contributed by atoms with Gasteiger partial charge >= 0.3 is 5.97 Å². The summed E-state index contributed by atoms with van der Waals surface area (Å²) in [6, 6.07) is -1.30. The van der Waals surface area contributed by atoms with Crippen LogP contribution in [-0.2, 0) is 9.59 Å². The number of carboxylic acids is 1. The Hall–Kier alpha value is -1.54. The van der Waals surface area contributed by atoms with E-state index in [-0.39, 0.29) is 24.3 Å². The zero-order valence-electron chi connectivity index (χ0n) is 9.19. The summed E-state index contributed by atoms with van der Waals surface area (Å²) in [4.78, 5) is 22.5. The largest absolute Gasteiger partial charge is 0.480 e. The predicted octanol–water partition coefficient (Wildman–Crippen LogP) is -0.423. The molecule has 0 saturated carbocycles. The van der Waals surface area contributed by atoms with E-state index in [1.165, 1.54) is 0 Å². The molecule has 1 heterocycles. The van der Waals surface area contributed by atoms with Crippen LogP contribution >= 0.6 is 0 Å². The molecular weight excluding hydrogens is 208 g/mol. The minimum Gasteiger partial charge on any atom is -0.480 e. The highest BCUT2D eigenvalue weighted by molar-refractivity contribution is 5.87. The highest BCUT2D eigenvalue weighted by Gasteiger charge is 2.31. The fourth-order valence-corrected chi connectivity index (χ4v) is 1.76. The molecule has 1 fully saturated rings. The average Bonchev–Trinajstić information content (AvgIpc) is 2.63. The van der Waals surface area contributed by atoms with Crippen molar-refractivity contribution in [2.75, 3.05) is 6.54 Å². The molecule has 1 aliphatic rings. The van der Waals surface area contributed by atoms with Gasteiger partial charge in [-0.3, -0.25) is 4.79 Å². The van der Waals surface area contributed by atoms with Gasteiger partial charge in [0.2, 0.25) is 5.91 Å². The Bertz CT molecular complexity index is 322. The lowest BCUT2D eigenvalue weighted by molar-refractivity contribution is -0.142. The lowest BCUT2D eigenvalue weighted by Crippen LogP contribution is -2.49.